The van der Waals surface area contributed by atoms with Crippen molar-refractivity contribution in [1.29, 1.82) is 0 Å². The first-order valence-corrected chi connectivity index (χ1v) is 8.46. The van der Waals surface area contributed by atoms with Gasteiger partial charge in [0.05, 0.1) is 38.9 Å². The van der Waals surface area contributed by atoms with Gasteiger partial charge in [0.25, 0.3) is 5.91 Å². The molecule has 116 valence electrons. The number of quaternary nitrogens is 1. The molecule has 1 aliphatic heterocycles. The predicted molar refractivity (Wildman–Crippen MR) is 89.1 cm³/mol. The van der Waals surface area contributed by atoms with Crippen LogP contribution in [0.3, 0.4) is 0 Å². The number of benzene rings is 1. The van der Waals surface area contributed by atoms with Gasteiger partial charge in [0.2, 0.25) is 0 Å². The fraction of sp³-hybridized carbons (Fsp3) is 0.500. The van der Waals surface area contributed by atoms with E-state index in [1.807, 2.05) is 0 Å². The number of likely N-dealkylation sites (tertiary alicyclic amines) is 1. The maximum absolute atomic E-state index is 12.2. The number of nitrogens with one attached hydrogen (secondary N) is 2. The molecule has 1 aromatic rings. The molecule has 0 aromatic heterocycles. The molecule has 0 spiro atoms. The van der Waals surface area contributed by atoms with Gasteiger partial charge in [0.1, 0.15) is 0 Å². The molecule has 0 bridgehead atoms. The molecule has 0 unspecified atom stereocenters. The zero-order valence-corrected chi connectivity index (χ0v) is 14.5. The lowest BCUT2D eigenvalue weighted by Gasteiger charge is -2.17. The van der Waals surface area contributed by atoms with E-state index < -0.39 is 0 Å². The number of hydrogen-bond acceptors (Lipinski definition) is 1. The third-order valence-corrected chi connectivity index (χ3v) is 5.17. The van der Waals surface area contributed by atoms with Crippen LogP contribution in [0.5, 0.6) is 0 Å². The molecule has 1 heterocycles. The van der Waals surface area contributed by atoms with Crippen LogP contribution in [-0.2, 0) is 4.79 Å². The second kappa shape index (κ2) is 7.89. The van der Waals surface area contributed by atoms with E-state index in [-0.39, 0.29) is 31.7 Å². The highest BCUT2D eigenvalue weighted by Crippen LogP contribution is 2.40. The number of rotatable bonds is 3. The van der Waals surface area contributed by atoms with Crippen LogP contribution in [0.15, 0.2) is 6.07 Å². The summed E-state index contributed by atoms with van der Waals surface area (Å²) >= 11 is 24.1. The van der Waals surface area contributed by atoms with E-state index in [9.17, 15) is 4.79 Å². The summed E-state index contributed by atoms with van der Waals surface area (Å²) in [5.41, 5.74) is 0.287. The summed E-state index contributed by atoms with van der Waals surface area (Å²) in [4.78, 5) is 13.5. The summed E-state index contributed by atoms with van der Waals surface area (Å²) in [6.45, 7) is 2.44. The van der Waals surface area contributed by atoms with Gasteiger partial charge in [0.15, 0.2) is 6.54 Å². The minimum atomic E-state index is -0.131. The van der Waals surface area contributed by atoms with Crippen LogP contribution < -0.4 is 10.2 Å². The molecule has 1 amide bonds. The zero-order valence-electron chi connectivity index (χ0n) is 11.4. The summed E-state index contributed by atoms with van der Waals surface area (Å²) in [7, 11) is 0. The smallest absolute Gasteiger partial charge is 0.279 e. The Morgan fingerprint density at radius 3 is 2.05 bits per heavy atom. The zero-order chi connectivity index (χ0) is 15.4. The molecule has 0 radical (unpaired) electrons. The quantitative estimate of drug-likeness (QED) is 0.781. The fourth-order valence-electron chi connectivity index (χ4n) is 2.50. The molecule has 2 rings (SSSR count). The number of halogens is 4. The van der Waals surface area contributed by atoms with Gasteiger partial charge in [-0.25, -0.2) is 0 Å². The summed E-state index contributed by atoms with van der Waals surface area (Å²) in [5, 5.41) is 3.70. The Labute approximate surface area is 144 Å². The molecule has 0 aliphatic carbocycles. The minimum absolute atomic E-state index is 0.131. The molecular formula is C14H17Cl4N2O+. The lowest BCUT2D eigenvalue weighted by Crippen LogP contribution is -3.12. The van der Waals surface area contributed by atoms with Crippen molar-refractivity contribution < 1.29 is 9.69 Å². The van der Waals surface area contributed by atoms with Crippen LogP contribution in [0.2, 0.25) is 20.1 Å². The van der Waals surface area contributed by atoms with Crippen LogP contribution in [0, 0.1) is 0 Å². The van der Waals surface area contributed by atoms with E-state index in [0.29, 0.717) is 6.54 Å². The van der Waals surface area contributed by atoms with Gasteiger partial charge < -0.3 is 10.2 Å². The van der Waals surface area contributed by atoms with E-state index in [1.165, 1.54) is 23.8 Å². The maximum atomic E-state index is 12.2. The van der Waals surface area contributed by atoms with Gasteiger partial charge >= 0.3 is 0 Å². The molecule has 1 saturated heterocycles. The van der Waals surface area contributed by atoms with Crippen molar-refractivity contribution in [2.45, 2.75) is 25.7 Å². The van der Waals surface area contributed by atoms with Crippen molar-refractivity contribution in [3.05, 3.63) is 26.2 Å². The molecule has 0 saturated carbocycles. The molecule has 1 aliphatic rings. The van der Waals surface area contributed by atoms with Gasteiger partial charge in [-0.2, -0.15) is 0 Å². The van der Waals surface area contributed by atoms with E-state index >= 15 is 0 Å². The molecular weight excluding hydrogens is 354 g/mol. The number of hydrogen-bond donors (Lipinski definition) is 2. The average Bonchev–Trinajstić information content (AvgIpc) is 2.70. The number of carbonyl (C=O) groups excluding carboxylic acids is 1. The van der Waals surface area contributed by atoms with Crippen LogP contribution >= 0.6 is 46.4 Å². The lowest BCUT2D eigenvalue weighted by atomic mass is 10.2. The third kappa shape index (κ3) is 4.64. The van der Waals surface area contributed by atoms with Gasteiger partial charge in [0, 0.05) is 0 Å². The summed E-state index contributed by atoms with van der Waals surface area (Å²) in [5.74, 6) is -0.131. The largest absolute Gasteiger partial charge is 0.327 e. The first-order chi connectivity index (χ1) is 9.99. The molecule has 1 aromatic carbocycles. The van der Waals surface area contributed by atoms with Crippen LogP contribution in [0.4, 0.5) is 5.69 Å². The molecule has 2 N–H and O–H groups in total. The average molecular weight is 371 g/mol. The van der Waals surface area contributed by atoms with Crippen LogP contribution in [-0.4, -0.2) is 25.5 Å². The Morgan fingerprint density at radius 1 is 1.00 bits per heavy atom. The Kier molecular flexibility index (Phi) is 6.45. The van der Waals surface area contributed by atoms with Gasteiger partial charge in [-0.3, -0.25) is 4.79 Å². The van der Waals surface area contributed by atoms with Crippen LogP contribution in [0.25, 0.3) is 0 Å². The molecule has 0 atom stereocenters. The van der Waals surface area contributed by atoms with Crippen molar-refractivity contribution >= 4 is 58.0 Å². The number of amides is 1. The first-order valence-electron chi connectivity index (χ1n) is 6.95. The van der Waals surface area contributed by atoms with Crippen molar-refractivity contribution in [1.82, 2.24) is 0 Å². The topological polar surface area (TPSA) is 33.5 Å². The van der Waals surface area contributed by atoms with Crippen molar-refractivity contribution in [2.75, 3.05) is 25.0 Å². The third-order valence-electron chi connectivity index (χ3n) is 3.60. The minimum Gasteiger partial charge on any atom is -0.327 e. The highest BCUT2D eigenvalue weighted by atomic mass is 35.5. The molecule has 21 heavy (non-hydrogen) atoms. The highest BCUT2D eigenvalue weighted by molar-refractivity contribution is 6.50. The van der Waals surface area contributed by atoms with Crippen molar-refractivity contribution in [3.8, 4) is 0 Å². The van der Waals surface area contributed by atoms with Gasteiger partial charge in [-0.15, -0.1) is 0 Å². The number of anilines is 1. The lowest BCUT2D eigenvalue weighted by molar-refractivity contribution is -0.890. The second-order valence-corrected chi connectivity index (χ2v) is 6.80. The van der Waals surface area contributed by atoms with Gasteiger partial charge in [-0.1, -0.05) is 46.4 Å². The van der Waals surface area contributed by atoms with Gasteiger partial charge in [-0.05, 0) is 31.7 Å². The maximum Gasteiger partial charge on any atom is 0.279 e. The normalized spacial score (nSPS) is 16.6. The Morgan fingerprint density at radius 2 is 1.52 bits per heavy atom. The first kappa shape index (κ1) is 17.2. The predicted octanol–water partition coefficient (Wildman–Crippen LogP) is 3.70. The standard InChI is InChI=1S/C14H16Cl4N2O/c15-9-7-10(16)13(18)14(12(9)17)19-11(21)8-20-5-3-1-2-4-6-20/h7H,1-6,8H2,(H,19,21)/p+1. The van der Waals surface area contributed by atoms with E-state index in [1.54, 1.807) is 0 Å². The van der Waals surface area contributed by atoms with Crippen molar-refractivity contribution in [3.63, 3.8) is 0 Å². The van der Waals surface area contributed by atoms with E-state index in [0.717, 1.165) is 25.9 Å². The van der Waals surface area contributed by atoms with Crippen molar-refractivity contribution in [2.24, 2.45) is 0 Å². The van der Waals surface area contributed by atoms with E-state index in [4.69, 9.17) is 46.4 Å². The Bertz CT molecular complexity index is 502. The summed E-state index contributed by atoms with van der Waals surface area (Å²) < 4.78 is 0. The van der Waals surface area contributed by atoms with E-state index in [2.05, 4.69) is 5.32 Å². The Hall–Kier alpha value is -0.190. The Balaban J connectivity index is 2.05. The monoisotopic (exact) mass is 369 g/mol. The molecule has 1 fully saturated rings. The summed E-state index contributed by atoms with van der Waals surface area (Å²) in [6, 6.07) is 1.46. The SMILES string of the molecule is O=C(C[NH+]1CCCCCC1)Nc1c(Cl)c(Cl)cc(Cl)c1Cl. The fourth-order valence-corrected chi connectivity index (χ4v) is 3.40. The molecule has 7 heteroatoms. The van der Waals surface area contributed by atoms with Crippen LogP contribution in [0.1, 0.15) is 25.7 Å². The number of carbonyl (C=O) groups is 1. The highest BCUT2D eigenvalue weighted by Gasteiger charge is 2.20. The summed E-state index contributed by atoms with van der Waals surface area (Å²) in [6.07, 6.45) is 4.81. The molecule has 3 nitrogen and oxygen atoms in total. The second-order valence-electron chi connectivity index (χ2n) is 5.23.